The molecule has 0 bridgehead atoms. The highest BCUT2D eigenvalue weighted by atomic mass is 16.1. The van der Waals surface area contributed by atoms with E-state index in [9.17, 15) is 9.59 Å². The van der Waals surface area contributed by atoms with Crippen LogP contribution < -0.4 is 5.32 Å². The van der Waals surface area contributed by atoms with Gasteiger partial charge < -0.3 is 5.32 Å². The number of amides is 1. The molecule has 1 amide bonds. The Bertz CT molecular complexity index is 588. The van der Waals surface area contributed by atoms with Crippen molar-refractivity contribution >= 4 is 11.7 Å². The average molecular weight is 267 g/mol. The van der Waals surface area contributed by atoms with Gasteiger partial charge in [0.05, 0.1) is 0 Å². The second kappa shape index (κ2) is 6.66. The third kappa shape index (κ3) is 3.79. The van der Waals surface area contributed by atoms with Crippen molar-refractivity contribution in [1.29, 1.82) is 0 Å². The number of carbonyl (C=O) groups excluding carboxylic acids is 2. The number of hydrogen-bond donors (Lipinski definition) is 1. The van der Waals surface area contributed by atoms with Gasteiger partial charge in [0.15, 0.2) is 5.78 Å². The monoisotopic (exact) mass is 267 g/mol. The molecule has 0 heterocycles. The van der Waals surface area contributed by atoms with Gasteiger partial charge in [-0.3, -0.25) is 9.59 Å². The number of ketones is 1. The highest BCUT2D eigenvalue weighted by molar-refractivity contribution is 6.08. The molecule has 0 spiro atoms. The van der Waals surface area contributed by atoms with Gasteiger partial charge in [-0.25, -0.2) is 0 Å². The highest BCUT2D eigenvalue weighted by Crippen LogP contribution is 2.11. The van der Waals surface area contributed by atoms with Crippen LogP contribution in [0.25, 0.3) is 0 Å². The summed E-state index contributed by atoms with van der Waals surface area (Å²) in [6.45, 7) is 2.11. The molecule has 2 aromatic rings. The molecule has 0 aliphatic heterocycles. The van der Waals surface area contributed by atoms with Crippen LogP contribution >= 0.6 is 0 Å². The van der Waals surface area contributed by atoms with Crippen molar-refractivity contribution in [2.45, 2.75) is 13.3 Å². The number of nitrogens with one attached hydrogen (secondary N) is 1. The van der Waals surface area contributed by atoms with E-state index in [4.69, 9.17) is 0 Å². The van der Waals surface area contributed by atoms with E-state index in [1.807, 2.05) is 54.6 Å². The molecule has 1 N–H and O–H groups in total. The summed E-state index contributed by atoms with van der Waals surface area (Å²) >= 11 is 0. The van der Waals surface area contributed by atoms with Crippen LogP contribution in [0.2, 0.25) is 0 Å². The third-order valence-corrected chi connectivity index (χ3v) is 3.04. The summed E-state index contributed by atoms with van der Waals surface area (Å²) in [7, 11) is 0. The summed E-state index contributed by atoms with van der Waals surface area (Å²) in [6, 6.07) is 16.7. The summed E-state index contributed by atoms with van der Waals surface area (Å²) in [5.41, 5.74) is 2.47. The Hall–Kier alpha value is -2.42. The van der Waals surface area contributed by atoms with E-state index < -0.39 is 0 Å². The lowest BCUT2D eigenvalue weighted by molar-refractivity contribution is -0.118. The standard InChI is InChI=1S/C17H17NO2/c1-13(19)18-12-11-14-7-9-16(10-8-14)17(20)15-5-3-2-4-6-15/h2-10H,11-12H2,1H3,(H,18,19). The molecule has 3 heteroatoms. The Morgan fingerprint density at radius 2 is 1.50 bits per heavy atom. The molecule has 0 fully saturated rings. The van der Waals surface area contributed by atoms with Crippen molar-refractivity contribution in [2.75, 3.05) is 6.54 Å². The molecule has 2 aromatic carbocycles. The summed E-state index contributed by atoms with van der Waals surface area (Å²) in [6.07, 6.45) is 0.763. The normalized spacial score (nSPS) is 10.1. The zero-order valence-electron chi connectivity index (χ0n) is 11.4. The summed E-state index contributed by atoms with van der Waals surface area (Å²) < 4.78 is 0. The van der Waals surface area contributed by atoms with Crippen LogP contribution in [0.5, 0.6) is 0 Å². The van der Waals surface area contributed by atoms with Crippen LogP contribution in [-0.2, 0) is 11.2 Å². The van der Waals surface area contributed by atoms with Crippen LogP contribution in [0.1, 0.15) is 28.4 Å². The van der Waals surface area contributed by atoms with Gasteiger partial charge in [-0.15, -0.1) is 0 Å². The quantitative estimate of drug-likeness (QED) is 0.846. The van der Waals surface area contributed by atoms with Crippen molar-refractivity contribution in [3.05, 3.63) is 71.3 Å². The molecular weight excluding hydrogens is 250 g/mol. The lowest BCUT2D eigenvalue weighted by Gasteiger charge is -2.05. The molecule has 0 aromatic heterocycles. The predicted molar refractivity (Wildman–Crippen MR) is 78.7 cm³/mol. The molecule has 102 valence electrons. The minimum absolute atomic E-state index is 0.0269. The van der Waals surface area contributed by atoms with Crippen LogP contribution in [0.3, 0.4) is 0 Å². The Morgan fingerprint density at radius 1 is 0.900 bits per heavy atom. The van der Waals surface area contributed by atoms with E-state index in [0.717, 1.165) is 12.0 Å². The largest absolute Gasteiger partial charge is 0.356 e. The average Bonchev–Trinajstić information content (AvgIpc) is 2.48. The zero-order chi connectivity index (χ0) is 14.4. The number of benzene rings is 2. The van der Waals surface area contributed by atoms with E-state index in [0.29, 0.717) is 17.7 Å². The minimum atomic E-state index is -0.0270. The second-order valence-electron chi connectivity index (χ2n) is 4.63. The zero-order valence-corrected chi connectivity index (χ0v) is 11.4. The highest BCUT2D eigenvalue weighted by Gasteiger charge is 2.07. The Morgan fingerprint density at radius 3 is 2.10 bits per heavy atom. The first-order chi connectivity index (χ1) is 9.66. The summed E-state index contributed by atoms with van der Waals surface area (Å²) in [5, 5.41) is 2.75. The van der Waals surface area contributed by atoms with E-state index in [2.05, 4.69) is 5.32 Å². The first kappa shape index (κ1) is 14.0. The molecule has 0 radical (unpaired) electrons. The summed E-state index contributed by atoms with van der Waals surface area (Å²) in [4.78, 5) is 23.0. The van der Waals surface area contributed by atoms with E-state index in [1.165, 1.54) is 6.92 Å². The van der Waals surface area contributed by atoms with Gasteiger partial charge in [0.25, 0.3) is 0 Å². The molecule has 20 heavy (non-hydrogen) atoms. The van der Waals surface area contributed by atoms with Gasteiger partial charge >= 0.3 is 0 Å². The van der Waals surface area contributed by atoms with Crippen molar-refractivity contribution < 1.29 is 9.59 Å². The van der Waals surface area contributed by atoms with Gasteiger partial charge in [0.1, 0.15) is 0 Å². The van der Waals surface area contributed by atoms with Gasteiger partial charge in [0, 0.05) is 24.6 Å². The van der Waals surface area contributed by atoms with Crippen LogP contribution in [0, 0.1) is 0 Å². The fourth-order valence-corrected chi connectivity index (χ4v) is 1.96. The minimum Gasteiger partial charge on any atom is -0.356 e. The van der Waals surface area contributed by atoms with Gasteiger partial charge in [-0.05, 0) is 12.0 Å². The van der Waals surface area contributed by atoms with Crippen LogP contribution in [0.4, 0.5) is 0 Å². The SMILES string of the molecule is CC(=O)NCCc1ccc(C(=O)c2ccccc2)cc1. The molecule has 0 atom stereocenters. The van der Waals surface area contributed by atoms with Gasteiger partial charge in [0.2, 0.25) is 5.91 Å². The molecule has 3 nitrogen and oxygen atoms in total. The Balaban J connectivity index is 2.01. The lowest BCUT2D eigenvalue weighted by Crippen LogP contribution is -2.22. The maximum atomic E-state index is 12.2. The Labute approximate surface area is 118 Å². The van der Waals surface area contributed by atoms with Gasteiger partial charge in [-0.2, -0.15) is 0 Å². The Kier molecular flexibility index (Phi) is 4.66. The molecule has 0 aliphatic rings. The molecule has 2 rings (SSSR count). The second-order valence-corrected chi connectivity index (χ2v) is 4.63. The molecular formula is C17H17NO2. The maximum Gasteiger partial charge on any atom is 0.216 e. The van der Waals surface area contributed by atoms with Gasteiger partial charge in [-0.1, -0.05) is 54.6 Å². The van der Waals surface area contributed by atoms with E-state index in [1.54, 1.807) is 0 Å². The van der Waals surface area contributed by atoms with Crippen molar-refractivity contribution in [1.82, 2.24) is 5.32 Å². The molecule has 0 aliphatic carbocycles. The van der Waals surface area contributed by atoms with Crippen LogP contribution in [-0.4, -0.2) is 18.2 Å². The molecule has 0 saturated carbocycles. The molecule has 0 unspecified atom stereocenters. The topological polar surface area (TPSA) is 46.2 Å². The smallest absolute Gasteiger partial charge is 0.216 e. The summed E-state index contributed by atoms with van der Waals surface area (Å²) in [5.74, 6) is -0.000105. The van der Waals surface area contributed by atoms with E-state index in [-0.39, 0.29) is 11.7 Å². The lowest BCUT2D eigenvalue weighted by atomic mass is 10.0. The molecule has 0 saturated heterocycles. The van der Waals surface area contributed by atoms with E-state index >= 15 is 0 Å². The number of carbonyl (C=O) groups is 2. The van der Waals surface area contributed by atoms with Crippen LogP contribution in [0.15, 0.2) is 54.6 Å². The first-order valence-corrected chi connectivity index (χ1v) is 6.60. The third-order valence-electron chi connectivity index (χ3n) is 3.04. The number of rotatable bonds is 5. The van der Waals surface area contributed by atoms with Crippen molar-refractivity contribution in [3.63, 3.8) is 0 Å². The maximum absolute atomic E-state index is 12.2. The fourth-order valence-electron chi connectivity index (χ4n) is 1.96. The fraction of sp³-hybridized carbons (Fsp3) is 0.176. The van der Waals surface area contributed by atoms with Crippen molar-refractivity contribution in [2.24, 2.45) is 0 Å². The number of hydrogen-bond acceptors (Lipinski definition) is 2. The predicted octanol–water partition coefficient (Wildman–Crippen LogP) is 2.60. The van der Waals surface area contributed by atoms with Crippen molar-refractivity contribution in [3.8, 4) is 0 Å². The first-order valence-electron chi connectivity index (χ1n) is 6.60.